The second kappa shape index (κ2) is 11.1. The molecule has 1 aliphatic carbocycles. The lowest BCUT2D eigenvalue weighted by molar-refractivity contribution is -0.112. The molecular formula is C33H30O6. The third-order valence-electron chi connectivity index (χ3n) is 6.99. The van der Waals surface area contributed by atoms with E-state index in [0.29, 0.717) is 34.8 Å². The molecule has 0 fully saturated rings. The second-order valence-corrected chi connectivity index (χ2v) is 9.32. The normalized spacial score (nSPS) is 17.4. The molecule has 4 aromatic rings. The Morgan fingerprint density at radius 3 is 2.33 bits per heavy atom. The number of ether oxygens (including phenoxy) is 3. The standard InChI is InChI=1S/C33H30O6/c1-36-29-20-28-25(18-27(29)35)32(23-14-8-5-9-15-23)30(39-28)17-24-21-33(38-3,31(37-2)19-26(24)34)16-10-13-22-11-6-4-7-12-22/h4-15,18-21,35H,16-17H2,1-3H3/t33-/m1/s1. The van der Waals surface area contributed by atoms with Crippen molar-refractivity contribution in [1.29, 1.82) is 0 Å². The molecule has 3 aromatic carbocycles. The molecule has 1 aliphatic rings. The van der Waals surface area contributed by atoms with Crippen molar-refractivity contribution >= 4 is 22.8 Å². The van der Waals surface area contributed by atoms with E-state index in [1.165, 1.54) is 13.2 Å². The molecule has 1 aromatic heterocycles. The molecule has 0 saturated carbocycles. The quantitative estimate of drug-likeness (QED) is 0.258. The third kappa shape index (κ3) is 5.11. The molecule has 0 radical (unpaired) electrons. The Bertz CT molecular complexity index is 1580. The van der Waals surface area contributed by atoms with Gasteiger partial charge >= 0.3 is 0 Å². The summed E-state index contributed by atoms with van der Waals surface area (Å²) in [5.74, 6) is 1.19. The summed E-state index contributed by atoms with van der Waals surface area (Å²) in [7, 11) is 4.64. The van der Waals surface area contributed by atoms with Crippen molar-refractivity contribution in [3.8, 4) is 22.6 Å². The van der Waals surface area contributed by atoms with Crippen molar-refractivity contribution < 1.29 is 28.5 Å². The van der Waals surface area contributed by atoms with E-state index >= 15 is 0 Å². The highest BCUT2D eigenvalue weighted by molar-refractivity contribution is 6.07. The number of methoxy groups -OCH3 is 3. The van der Waals surface area contributed by atoms with Gasteiger partial charge in [-0.1, -0.05) is 72.8 Å². The molecule has 1 heterocycles. The van der Waals surface area contributed by atoms with Crippen LogP contribution in [-0.4, -0.2) is 37.8 Å². The molecule has 5 rings (SSSR count). The van der Waals surface area contributed by atoms with E-state index in [1.807, 2.05) is 78.9 Å². The Morgan fingerprint density at radius 2 is 1.67 bits per heavy atom. The number of phenolic OH excluding ortho intramolecular Hbond substituents is 1. The number of rotatable bonds is 9. The molecule has 0 unspecified atom stereocenters. The molecule has 1 atom stereocenters. The SMILES string of the molecule is COC1=CC(=O)C(Cc2oc3cc(OC)c(O)cc3c2-c2ccccc2)=C[C@@]1(CC=Cc1ccccc1)OC. The van der Waals surface area contributed by atoms with E-state index in [9.17, 15) is 9.90 Å². The third-order valence-corrected chi connectivity index (χ3v) is 6.99. The molecule has 0 amide bonds. The Hall–Kier alpha value is -4.55. The first-order valence-electron chi connectivity index (χ1n) is 12.6. The largest absolute Gasteiger partial charge is 0.504 e. The van der Waals surface area contributed by atoms with Crippen LogP contribution in [0.15, 0.2) is 107 Å². The Morgan fingerprint density at radius 1 is 0.949 bits per heavy atom. The fourth-order valence-corrected chi connectivity index (χ4v) is 5.01. The maximum Gasteiger partial charge on any atom is 0.185 e. The van der Waals surface area contributed by atoms with Gasteiger partial charge in [-0.3, -0.25) is 4.79 Å². The highest BCUT2D eigenvalue weighted by Gasteiger charge is 2.38. The van der Waals surface area contributed by atoms with Gasteiger partial charge in [0.2, 0.25) is 0 Å². The number of ketones is 1. The molecule has 0 spiro atoms. The molecule has 1 N–H and O–H groups in total. The minimum Gasteiger partial charge on any atom is -0.504 e. The fourth-order valence-electron chi connectivity index (χ4n) is 5.01. The Kier molecular flexibility index (Phi) is 7.39. The molecule has 39 heavy (non-hydrogen) atoms. The summed E-state index contributed by atoms with van der Waals surface area (Å²) < 4.78 is 23.2. The number of allylic oxidation sites excluding steroid dienone is 2. The number of carbonyl (C=O) groups excluding carboxylic acids is 1. The van der Waals surface area contributed by atoms with E-state index < -0.39 is 5.60 Å². The van der Waals surface area contributed by atoms with Gasteiger partial charge in [0.25, 0.3) is 0 Å². The number of phenols is 1. The van der Waals surface area contributed by atoms with Gasteiger partial charge in [-0.25, -0.2) is 0 Å². The van der Waals surface area contributed by atoms with Crippen molar-refractivity contribution in [2.75, 3.05) is 21.3 Å². The van der Waals surface area contributed by atoms with Crippen LogP contribution in [0.25, 0.3) is 28.2 Å². The molecule has 198 valence electrons. The Balaban J connectivity index is 1.57. The topological polar surface area (TPSA) is 78.1 Å². The Labute approximate surface area is 227 Å². The van der Waals surface area contributed by atoms with Crippen molar-refractivity contribution in [3.63, 3.8) is 0 Å². The van der Waals surface area contributed by atoms with Crippen molar-refractivity contribution in [2.24, 2.45) is 0 Å². The summed E-state index contributed by atoms with van der Waals surface area (Å²) in [6.45, 7) is 0. The zero-order valence-electron chi connectivity index (χ0n) is 22.1. The van der Waals surface area contributed by atoms with E-state index in [1.54, 1.807) is 26.4 Å². The predicted molar refractivity (Wildman–Crippen MR) is 152 cm³/mol. The molecule has 0 aliphatic heterocycles. The number of hydrogen-bond acceptors (Lipinski definition) is 6. The fraction of sp³-hybridized carbons (Fsp3) is 0.182. The smallest absolute Gasteiger partial charge is 0.185 e. The van der Waals surface area contributed by atoms with Crippen LogP contribution < -0.4 is 4.74 Å². The van der Waals surface area contributed by atoms with E-state index in [-0.39, 0.29) is 18.0 Å². The van der Waals surface area contributed by atoms with Crippen molar-refractivity contribution in [2.45, 2.75) is 18.4 Å². The van der Waals surface area contributed by atoms with Crippen LogP contribution in [0, 0.1) is 0 Å². The van der Waals surface area contributed by atoms with Gasteiger partial charge in [0.15, 0.2) is 17.3 Å². The van der Waals surface area contributed by atoms with Crippen LogP contribution in [-0.2, 0) is 20.7 Å². The highest BCUT2D eigenvalue weighted by atomic mass is 16.5. The van der Waals surface area contributed by atoms with Crippen molar-refractivity contribution in [1.82, 2.24) is 0 Å². The maximum atomic E-state index is 13.3. The minimum atomic E-state index is -0.955. The van der Waals surface area contributed by atoms with Crippen LogP contribution >= 0.6 is 0 Å². The van der Waals surface area contributed by atoms with Gasteiger partial charge < -0.3 is 23.7 Å². The summed E-state index contributed by atoms with van der Waals surface area (Å²) in [5, 5.41) is 11.2. The number of carbonyl (C=O) groups is 1. The number of hydrogen-bond donors (Lipinski definition) is 1. The summed E-state index contributed by atoms with van der Waals surface area (Å²) in [4.78, 5) is 13.3. The molecule has 0 saturated heterocycles. The number of aromatic hydroxyl groups is 1. The van der Waals surface area contributed by atoms with Crippen LogP contribution in [0.3, 0.4) is 0 Å². The van der Waals surface area contributed by atoms with Gasteiger partial charge in [0.05, 0.1) is 14.2 Å². The molecule has 6 heteroatoms. The summed E-state index contributed by atoms with van der Waals surface area (Å²) in [5.41, 5.74) is 2.92. The van der Waals surface area contributed by atoms with Crippen LogP contribution in [0.4, 0.5) is 0 Å². The number of fused-ring (bicyclic) bond motifs is 1. The van der Waals surface area contributed by atoms with Gasteiger partial charge in [-0.05, 0) is 23.3 Å². The second-order valence-electron chi connectivity index (χ2n) is 9.32. The van der Waals surface area contributed by atoms with Gasteiger partial charge in [-0.2, -0.15) is 0 Å². The van der Waals surface area contributed by atoms with Crippen LogP contribution in [0.2, 0.25) is 0 Å². The molecular weight excluding hydrogens is 492 g/mol. The lowest BCUT2D eigenvalue weighted by Crippen LogP contribution is -2.36. The summed E-state index contributed by atoms with van der Waals surface area (Å²) >= 11 is 0. The zero-order chi connectivity index (χ0) is 27.4. The van der Waals surface area contributed by atoms with Gasteiger partial charge in [0, 0.05) is 48.6 Å². The molecule has 0 bridgehead atoms. The average molecular weight is 523 g/mol. The first kappa shape index (κ1) is 26.1. The van der Waals surface area contributed by atoms with Gasteiger partial charge in [0.1, 0.15) is 22.7 Å². The lowest BCUT2D eigenvalue weighted by atomic mass is 9.84. The summed E-state index contributed by atoms with van der Waals surface area (Å²) in [6, 6.07) is 23.0. The highest BCUT2D eigenvalue weighted by Crippen LogP contribution is 2.42. The maximum absolute atomic E-state index is 13.3. The first-order valence-corrected chi connectivity index (χ1v) is 12.6. The van der Waals surface area contributed by atoms with E-state index in [4.69, 9.17) is 18.6 Å². The molecule has 6 nitrogen and oxygen atoms in total. The first-order chi connectivity index (χ1) is 19.0. The minimum absolute atomic E-state index is 0.0127. The van der Waals surface area contributed by atoms with Crippen LogP contribution in [0.5, 0.6) is 11.5 Å². The van der Waals surface area contributed by atoms with E-state index in [2.05, 4.69) is 0 Å². The zero-order valence-corrected chi connectivity index (χ0v) is 22.1. The van der Waals surface area contributed by atoms with E-state index in [0.717, 1.165) is 22.1 Å². The van der Waals surface area contributed by atoms with Crippen LogP contribution in [0.1, 0.15) is 17.7 Å². The summed E-state index contributed by atoms with van der Waals surface area (Å²) in [6.07, 6.45) is 8.05. The van der Waals surface area contributed by atoms with Gasteiger partial charge in [-0.15, -0.1) is 0 Å². The predicted octanol–water partition coefficient (Wildman–Crippen LogP) is 6.88. The number of benzene rings is 3. The lowest BCUT2D eigenvalue weighted by Gasteiger charge is -2.33. The monoisotopic (exact) mass is 522 g/mol. The number of furan rings is 1. The van der Waals surface area contributed by atoms with Crippen molar-refractivity contribution in [3.05, 3.63) is 114 Å². The average Bonchev–Trinajstić information content (AvgIpc) is 3.31.